The molecular weight excluding hydrogens is 474 g/mol. The zero-order valence-electron chi connectivity index (χ0n) is 23.1. The summed E-state index contributed by atoms with van der Waals surface area (Å²) in [6, 6.07) is 9.32. The Kier molecular flexibility index (Phi) is 10.1. The quantitative estimate of drug-likeness (QED) is 0.316. The van der Waals surface area contributed by atoms with E-state index in [2.05, 4.69) is 39.2 Å². The number of esters is 2. The van der Waals surface area contributed by atoms with E-state index < -0.39 is 44.0 Å². The van der Waals surface area contributed by atoms with E-state index in [1.807, 2.05) is 42.5 Å². The van der Waals surface area contributed by atoms with Crippen molar-refractivity contribution < 1.29 is 28.3 Å². The first-order valence-corrected chi connectivity index (χ1v) is 15.6. The molecule has 8 heteroatoms. The van der Waals surface area contributed by atoms with E-state index in [-0.39, 0.29) is 23.9 Å². The van der Waals surface area contributed by atoms with Crippen LogP contribution < -0.4 is 5.32 Å². The van der Waals surface area contributed by atoms with Crippen LogP contribution in [0.25, 0.3) is 0 Å². The Hall–Kier alpha value is -2.45. The van der Waals surface area contributed by atoms with Crippen LogP contribution in [-0.2, 0) is 28.3 Å². The molecule has 0 radical (unpaired) electrons. The lowest BCUT2D eigenvalue weighted by Gasteiger charge is -2.38. The highest BCUT2D eigenvalue weighted by Gasteiger charge is 2.41. The van der Waals surface area contributed by atoms with Crippen LogP contribution in [-0.4, -0.2) is 44.4 Å². The second-order valence-electron chi connectivity index (χ2n) is 11.9. The van der Waals surface area contributed by atoms with Crippen LogP contribution in [0.3, 0.4) is 0 Å². The molecule has 0 bridgehead atoms. The molecule has 1 amide bonds. The van der Waals surface area contributed by atoms with Gasteiger partial charge in [0.1, 0.15) is 17.8 Å². The molecule has 1 heterocycles. The van der Waals surface area contributed by atoms with E-state index >= 15 is 0 Å². The van der Waals surface area contributed by atoms with Crippen molar-refractivity contribution in [2.24, 2.45) is 5.92 Å². The third-order valence-electron chi connectivity index (χ3n) is 6.54. The molecule has 200 valence electrons. The van der Waals surface area contributed by atoms with Gasteiger partial charge in [-0.25, -0.2) is 4.79 Å². The van der Waals surface area contributed by atoms with Gasteiger partial charge in [-0.1, -0.05) is 63.3 Å². The number of hydrogen-bond acceptors (Lipinski definition) is 6. The molecule has 36 heavy (non-hydrogen) atoms. The summed E-state index contributed by atoms with van der Waals surface area (Å²) in [4.78, 5) is 38.8. The molecule has 0 spiro atoms. The summed E-state index contributed by atoms with van der Waals surface area (Å²) in [7, 11) is -2.26. The molecule has 0 aromatic heterocycles. The van der Waals surface area contributed by atoms with Crippen LogP contribution in [0, 0.1) is 5.92 Å². The molecule has 1 aromatic carbocycles. The first-order chi connectivity index (χ1) is 16.6. The minimum atomic E-state index is -2.26. The van der Waals surface area contributed by atoms with Crippen molar-refractivity contribution in [3.8, 4) is 0 Å². The number of ether oxygens (including phenoxy) is 2. The normalized spacial score (nSPS) is 23.5. The van der Waals surface area contributed by atoms with Crippen LogP contribution in [0.2, 0.25) is 18.1 Å². The lowest BCUT2D eigenvalue weighted by atomic mass is 9.98. The predicted octanol–water partition coefficient (Wildman–Crippen LogP) is 5.48. The molecule has 1 aliphatic heterocycles. The van der Waals surface area contributed by atoms with E-state index in [1.54, 1.807) is 20.8 Å². The zero-order chi connectivity index (χ0) is 27.1. The Morgan fingerprint density at radius 2 is 1.64 bits per heavy atom. The SMILES string of the molecule is CC(C)(C)OC(=O)C[C@@H]1C/C=C\C[C@H](O[Si](C)(C)C(C)(C)C)C(=O)O[C@H](c2ccccc2)CNC1=O. The first-order valence-electron chi connectivity index (χ1n) is 12.7. The Labute approximate surface area is 217 Å². The van der Waals surface area contributed by atoms with Crippen molar-refractivity contribution >= 4 is 26.2 Å². The lowest BCUT2D eigenvalue weighted by molar-refractivity contribution is -0.159. The van der Waals surface area contributed by atoms with Crippen molar-refractivity contribution in [2.75, 3.05) is 6.54 Å². The molecule has 1 aromatic rings. The largest absolute Gasteiger partial charge is 0.460 e. The van der Waals surface area contributed by atoms with Gasteiger partial charge in [-0.05, 0) is 50.9 Å². The second-order valence-corrected chi connectivity index (χ2v) is 16.6. The van der Waals surface area contributed by atoms with Crippen molar-refractivity contribution in [1.82, 2.24) is 5.32 Å². The van der Waals surface area contributed by atoms with Gasteiger partial charge in [0.15, 0.2) is 8.32 Å². The molecule has 2 rings (SSSR count). The maximum absolute atomic E-state index is 13.3. The Morgan fingerprint density at radius 1 is 1.03 bits per heavy atom. The maximum atomic E-state index is 13.3. The van der Waals surface area contributed by atoms with E-state index in [0.717, 1.165) is 5.56 Å². The van der Waals surface area contributed by atoms with Gasteiger partial charge in [-0.2, -0.15) is 0 Å². The molecule has 1 N–H and O–H groups in total. The number of carbonyl (C=O) groups is 3. The summed E-state index contributed by atoms with van der Waals surface area (Å²) >= 11 is 0. The van der Waals surface area contributed by atoms with Crippen molar-refractivity contribution in [1.29, 1.82) is 0 Å². The van der Waals surface area contributed by atoms with Gasteiger partial charge in [0, 0.05) is 6.42 Å². The average molecular weight is 518 g/mol. The number of benzene rings is 1. The van der Waals surface area contributed by atoms with Crippen molar-refractivity contribution in [3.63, 3.8) is 0 Å². The van der Waals surface area contributed by atoms with Gasteiger partial charge in [0.2, 0.25) is 5.91 Å². The van der Waals surface area contributed by atoms with Gasteiger partial charge in [-0.15, -0.1) is 0 Å². The summed E-state index contributed by atoms with van der Waals surface area (Å²) in [5.41, 5.74) is 0.143. The molecule has 0 fully saturated rings. The monoisotopic (exact) mass is 517 g/mol. The third-order valence-corrected chi connectivity index (χ3v) is 11.0. The van der Waals surface area contributed by atoms with Crippen LogP contribution in [0.4, 0.5) is 0 Å². The third kappa shape index (κ3) is 9.21. The fourth-order valence-corrected chi connectivity index (χ4v) is 4.78. The molecule has 0 unspecified atom stereocenters. The lowest BCUT2D eigenvalue weighted by Crippen LogP contribution is -2.47. The Balaban J connectivity index is 2.33. The number of nitrogens with one attached hydrogen (secondary N) is 1. The van der Waals surface area contributed by atoms with Crippen molar-refractivity contribution in [3.05, 3.63) is 48.0 Å². The number of amides is 1. The van der Waals surface area contributed by atoms with E-state index in [0.29, 0.717) is 12.8 Å². The number of allylic oxidation sites excluding steroid dienone is 1. The number of cyclic esters (lactones) is 1. The minimum absolute atomic E-state index is 0.0346. The molecule has 3 atom stereocenters. The minimum Gasteiger partial charge on any atom is -0.460 e. The summed E-state index contributed by atoms with van der Waals surface area (Å²) in [6.45, 7) is 16.1. The topological polar surface area (TPSA) is 90.9 Å². The van der Waals surface area contributed by atoms with Crippen LogP contribution in [0.1, 0.15) is 72.5 Å². The van der Waals surface area contributed by atoms with Crippen LogP contribution in [0.15, 0.2) is 42.5 Å². The maximum Gasteiger partial charge on any atom is 0.335 e. The van der Waals surface area contributed by atoms with E-state index in [1.165, 1.54) is 0 Å². The number of hydrogen-bond donors (Lipinski definition) is 1. The first kappa shape index (κ1) is 29.8. The van der Waals surface area contributed by atoms with E-state index in [4.69, 9.17) is 13.9 Å². The van der Waals surface area contributed by atoms with Crippen molar-refractivity contribution in [2.45, 2.75) is 96.7 Å². The molecule has 1 aliphatic rings. The molecule has 7 nitrogen and oxygen atoms in total. The molecule has 0 saturated carbocycles. The molecule has 0 aliphatic carbocycles. The van der Waals surface area contributed by atoms with Gasteiger partial charge in [0.25, 0.3) is 0 Å². The summed E-state index contributed by atoms with van der Waals surface area (Å²) in [5, 5.41) is 2.81. The second kappa shape index (κ2) is 12.2. The number of carbonyl (C=O) groups excluding carboxylic acids is 3. The highest BCUT2D eigenvalue weighted by Crippen LogP contribution is 2.38. The van der Waals surface area contributed by atoms with Gasteiger partial charge in [0.05, 0.1) is 18.9 Å². The standard InChI is InChI=1S/C28H43NO6Si/c1-27(2,3)34-24(30)18-21-16-12-13-17-22(35-36(7,8)28(4,5)6)26(32)33-23(19-29-25(21)31)20-14-10-9-11-15-20/h9-15,21-23H,16-19H2,1-8H3,(H,29,31)/b13-12-/t21-,22-,23-/m0/s1. The van der Waals surface area contributed by atoms with E-state index in [9.17, 15) is 14.4 Å². The summed E-state index contributed by atoms with van der Waals surface area (Å²) in [6.07, 6.45) is 2.88. The van der Waals surface area contributed by atoms with Crippen LogP contribution >= 0.6 is 0 Å². The smallest absolute Gasteiger partial charge is 0.335 e. The molecule has 0 saturated heterocycles. The number of rotatable bonds is 5. The van der Waals surface area contributed by atoms with Gasteiger partial charge >= 0.3 is 11.9 Å². The van der Waals surface area contributed by atoms with Gasteiger partial charge in [-0.3, -0.25) is 9.59 Å². The average Bonchev–Trinajstić information content (AvgIpc) is 2.75. The zero-order valence-corrected chi connectivity index (χ0v) is 24.1. The fraction of sp³-hybridized carbons (Fsp3) is 0.607. The highest BCUT2D eigenvalue weighted by atomic mass is 28.4. The highest BCUT2D eigenvalue weighted by molar-refractivity contribution is 6.74. The Morgan fingerprint density at radius 3 is 2.22 bits per heavy atom. The fourth-order valence-electron chi connectivity index (χ4n) is 3.52. The Bertz CT molecular complexity index is 930. The summed E-state index contributed by atoms with van der Waals surface area (Å²) < 4.78 is 17.8. The molecular formula is C28H43NO6Si. The summed E-state index contributed by atoms with van der Waals surface area (Å²) in [5.74, 6) is -1.74. The van der Waals surface area contributed by atoms with Gasteiger partial charge < -0.3 is 19.2 Å². The predicted molar refractivity (Wildman–Crippen MR) is 143 cm³/mol. The van der Waals surface area contributed by atoms with Crippen LogP contribution in [0.5, 0.6) is 0 Å².